The van der Waals surface area contributed by atoms with Crippen molar-refractivity contribution in [3.05, 3.63) is 22.2 Å². The average Bonchev–Trinajstić information content (AvgIpc) is 2.46. The van der Waals surface area contributed by atoms with Gasteiger partial charge in [-0.3, -0.25) is 0 Å². The number of halogens is 1. The predicted molar refractivity (Wildman–Crippen MR) is 84.8 cm³/mol. The van der Waals surface area contributed by atoms with Crippen molar-refractivity contribution in [1.82, 2.24) is 5.32 Å². The van der Waals surface area contributed by atoms with Crippen molar-refractivity contribution < 1.29 is 19.0 Å². The van der Waals surface area contributed by atoms with Gasteiger partial charge < -0.3 is 19.5 Å². The fourth-order valence-electron chi connectivity index (χ4n) is 1.76. The van der Waals surface area contributed by atoms with E-state index in [1.54, 1.807) is 14.0 Å². The normalized spacial score (nSPS) is 10.3. The molecule has 0 aromatic heterocycles. The second-order valence-corrected chi connectivity index (χ2v) is 5.23. The Labute approximate surface area is 134 Å². The van der Waals surface area contributed by atoms with E-state index in [9.17, 15) is 4.79 Å². The molecule has 0 aliphatic rings. The molecule has 1 rings (SSSR count). The van der Waals surface area contributed by atoms with Crippen LogP contribution in [-0.2, 0) is 16.1 Å². The highest BCUT2D eigenvalue weighted by Crippen LogP contribution is 2.36. The van der Waals surface area contributed by atoms with E-state index in [0.29, 0.717) is 18.1 Å². The number of ether oxygens (including phenoxy) is 3. The monoisotopic (exact) mass is 359 g/mol. The van der Waals surface area contributed by atoms with Crippen molar-refractivity contribution in [3.8, 4) is 11.5 Å². The zero-order valence-electron chi connectivity index (χ0n) is 12.7. The molecule has 0 saturated heterocycles. The molecule has 0 unspecified atom stereocenters. The summed E-state index contributed by atoms with van der Waals surface area (Å²) in [5, 5.41) is 3.32. The van der Waals surface area contributed by atoms with Crippen molar-refractivity contribution >= 4 is 21.9 Å². The van der Waals surface area contributed by atoms with Gasteiger partial charge in [0.05, 0.1) is 18.2 Å². The van der Waals surface area contributed by atoms with Gasteiger partial charge in [-0.05, 0) is 53.5 Å². The maximum atomic E-state index is 11.4. The summed E-state index contributed by atoms with van der Waals surface area (Å²) in [6.45, 7) is 5.78. The van der Waals surface area contributed by atoms with Crippen molar-refractivity contribution in [2.75, 3.05) is 26.9 Å². The van der Waals surface area contributed by atoms with Gasteiger partial charge in [-0.1, -0.05) is 6.92 Å². The average molecular weight is 360 g/mol. The van der Waals surface area contributed by atoms with E-state index in [1.165, 1.54) is 0 Å². The van der Waals surface area contributed by atoms with Crippen LogP contribution in [0.4, 0.5) is 0 Å². The first-order valence-electron chi connectivity index (χ1n) is 6.97. The molecule has 0 aliphatic heterocycles. The van der Waals surface area contributed by atoms with E-state index in [-0.39, 0.29) is 6.61 Å². The molecule has 6 heteroatoms. The number of methoxy groups -OCH3 is 1. The van der Waals surface area contributed by atoms with Crippen LogP contribution < -0.4 is 14.8 Å². The molecule has 1 aromatic rings. The Morgan fingerprint density at radius 3 is 2.71 bits per heavy atom. The number of esters is 1. The van der Waals surface area contributed by atoms with Gasteiger partial charge in [-0.2, -0.15) is 0 Å². The highest BCUT2D eigenvalue weighted by molar-refractivity contribution is 9.10. The lowest BCUT2D eigenvalue weighted by Gasteiger charge is -2.14. The van der Waals surface area contributed by atoms with Crippen LogP contribution in [0.25, 0.3) is 0 Å². The van der Waals surface area contributed by atoms with E-state index in [0.717, 1.165) is 29.5 Å². The Kier molecular flexibility index (Phi) is 8.15. The lowest BCUT2D eigenvalue weighted by Crippen LogP contribution is -2.16. The molecule has 5 nitrogen and oxygen atoms in total. The maximum Gasteiger partial charge on any atom is 0.344 e. The number of carbonyl (C=O) groups excluding carboxylic acids is 1. The number of carbonyl (C=O) groups is 1. The summed E-state index contributed by atoms with van der Waals surface area (Å²) >= 11 is 3.45. The summed E-state index contributed by atoms with van der Waals surface area (Å²) in [5.41, 5.74) is 1.08. The van der Waals surface area contributed by atoms with Gasteiger partial charge >= 0.3 is 5.97 Å². The molecular weight excluding hydrogens is 338 g/mol. The van der Waals surface area contributed by atoms with Crippen molar-refractivity contribution in [1.29, 1.82) is 0 Å². The highest BCUT2D eigenvalue weighted by Gasteiger charge is 2.13. The SMILES string of the molecule is CCCNCc1cc(Br)c(OCC(=O)OCC)c(OC)c1. The van der Waals surface area contributed by atoms with E-state index in [4.69, 9.17) is 14.2 Å². The largest absolute Gasteiger partial charge is 0.493 e. The van der Waals surface area contributed by atoms with E-state index in [2.05, 4.69) is 28.2 Å². The van der Waals surface area contributed by atoms with E-state index in [1.807, 2.05) is 12.1 Å². The first-order valence-corrected chi connectivity index (χ1v) is 7.77. The van der Waals surface area contributed by atoms with Crippen LogP contribution in [0.15, 0.2) is 16.6 Å². The number of nitrogens with one attached hydrogen (secondary N) is 1. The fraction of sp³-hybridized carbons (Fsp3) is 0.533. The van der Waals surface area contributed by atoms with Crippen LogP contribution in [0, 0.1) is 0 Å². The number of rotatable bonds is 9. The minimum atomic E-state index is -0.403. The van der Waals surface area contributed by atoms with Crippen molar-refractivity contribution in [3.63, 3.8) is 0 Å². The van der Waals surface area contributed by atoms with Crippen molar-refractivity contribution in [2.45, 2.75) is 26.8 Å². The van der Waals surface area contributed by atoms with E-state index < -0.39 is 5.97 Å². The lowest BCUT2D eigenvalue weighted by molar-refractivity contribution is -0.145. The number of hydrogen-bond acceptors (Lipinski definition) is 5. The summed E-state index contributed by atoms with van der Waals surface area (Å²) in [4.78, 5) is 11.4. The second kappa shape index (κ2) is 9.63. The smallest absolute Gasteiger partial charge is 0.344 e. The third-order valence-corrected chi connectivity index (χ3v) is 3.27. The van der Waals surface area contributed by atoms with Gasteiger partial charge in [0.15, 0.2) is 18.1 Å². The molecule has 1 aromatic carbocycles. The molecular formula is C15H22BrNO4. The Morgan fingerprint density at radius 2 is 2.10 bits per heavy atom. The van der Waals surface area contributed by atoms with Crippen LogP contribution in [0.5, 0.6) is 11.5 Å². The van der Waals surface area contributed by atoms with Gasteiger partial charge in [0.25, 0.3) is 0 Å². The molecule has 0 amide bonds. The minimum absolute atomic E-state index is 0.143. The van der Waals surface area contributed by atoms with E-state index >= 15 is 0 Å². The highest BCUT2D eigenvalue weighted by atomic mass is 79.9. The first-order chi connectivity index (χ1) is 10.1. The number of hydrogen-bond donors (Lipinski definition) is 1. The summed E-state index contributed by atoms with van der Waals surface area (Å²) < 4.78 is 16.4. The van der Waals surface area contributed by atoms with Crippen LogP contribution in [0.1, 0.15) is 25.8 Å². The summed E-state index contributed by atoms with van der Waals surface area (Å²) in [6, 6.07) is 3.85. The van der Waals surface area contributed by atoms with Gasteiger partial charge in [-0.15, -0.1) is 0 Å². The number of benzene rings is 1. The Hall–Kier alpha value is -1.27. The molecule has 0 heterocycles. The van der Waals surface area contributed by atoms with Crippen LogP contribution in [-0.4, -0.2) is 32.8 Å². The molecule has 118 valence electrons. The molecule has 0 aliphatic carbocycles. The van der Waals surface area contributed by atoms with Gasteiger partial charge in [0.2, 0.25) is 0 Å². The van der Waals surface area contributed by atoms with Gasteiger partial charge in [0.1, 0.15) is 0 Å². The molecule has 0 bridgehead atoms. The predicted octanol–water partition coefficient (Wildman–Crippen LogP) is 2.90. The summed E-state index contributed by atoms with van der Waals surface area (Å²) in [6.07, 6.45) is 1.08. The quantitative estimate of drug-likeness (QED) is 0.542. The molecule has 0 saturated carbocycles. The van der Waals surface area contributed by atoms with Crippen LogP contribution >= 0.6 is 15.9 Å². The Balaban J connectivity index is 2.77. The lowest BCUT2D eigenvalue weighted by atomic mass is 10.2. The maximum absolute atomic E-state index is 11.4. The molecule has 0 spiro atoms. The molecule has 21 heavy (non-hydrogen) atoms. The minimum Gasteiger partial charge on any atom is -0.493 e. The molecule has 1 N–H and O–H groups in total. The third-order valence-electron chi connectivity index (χ3n) is 2.68. The topological polar surface area (TPSA) is 56.8 Å². The zero-order chi connectivity index (χ0) is 15.7. The van der Waals surface area contributed by atoms with Crippen LogP contribution in [0.2, 0.25) is 0 Å². The molecule has 0 atom stereocenters. The molecule has 0 radical (unpaired) electrons. The molecule has 0 fully saturated rings. The second-order valence-electron chi connectivity index (χ2n) is 4.38. The standard InChI is InChI=1S/C15H22BrNO4/c1-4-6-17-9-11-7-12(16)15(13(8-11)19-3)21-10-14(18)20-5-2/h7-8,17H,4-6,9-10H2,1-3H3. The summed E-state index contributed by atoms with van der Waals surface area (Å²) in [7, 11) is 1.57. The van der Waals surface area contributed by atoms with Crippen LogP contribution in [0.3, 0.4) is 0 Å². The Morgan fingerprint density at radius 1 is 1.33 bits per heavy atom. The summed E-state index contributed by atoms with van der Waals surface area (Å²) in [5.74, 6) is 0.687. The van der Waals surface area contributed by atoms with Crippen molar-refractivity contribution in [2.24, 2.45) is 0 Å². The van der Waals surface area contributed by atoms with Gasteiger partial charge in [0, 0.05) is 6.54 Å². The third kappa shape index (κ3) is 5.93. The Bertz CT molecular complexity index is 465. The first kappa shape index (κ1) is 17.8. The van der Waals surface area contributed by atoms with Gasteiger partial charge in [-0.25, -0.2) is 4.79 Å². The zero-order valence-corrected chi connectivity index (χ0v) is 14.3. The fourth-order valence-corrected chi connectivity index (χ4v) is 2.36.